The minimum absolute atomic E-state index is 0.0554. The van der Waals surface area contributed by atoms with Gasteiger partial charge in [0, 0.05) is 13.2 Å². The van der Waals surface area contributed by atoms with E-state index >= 15 is 0 Å². The fourth-order valence-electron chi connectivity index (χ4n) is 3.16. The van der Waals surface area contributed by atoms with Gasteiger partial charge in [0.1, 0.15) is 5.75 Å². The molecule has 8 heteroatoms. The molecule has 158 valence electrons. The number of hydrogen-bond acceptors (Lipinski definition) is 5. The molecule has 3 rings (SSSR count). The van der Waals surface area contributed by atoms with Crippen molar-refractivity contribution in [3.63, 3.8) is 0 Å². The minimum atomic E-state index is -0.392. The van der Waals surface area contributed by atoms with Crippen molar-refractivity contribution in [3.8, 4) is 5.75 Å². The van der Waals surface area contributed by atoms with Gasteiger partial charge in [-0.1, -0.05) is 24.3 Å². The van der Waals surface area contributed by atoms with E-state index in [1.54, 1.807) is 48.5 Å². The summed E-state index contributed by atoms with van der Waals surface area (Å²) in [5, 5.41) is 8.55. The zero-order chi connectivity index (χ0) is 21.3. The molecule has 1 aliphatic heterocycles. The van der Waals surface area contributed by atoms with E-state index in [2.05, 4.69) is 16.0 Å². The van der Waals surface area contributed by atoms with Gasteiger partial charge in [-0.25, -0.2) is 0 Å². The number of hydrogen-bond donors (Lipinski definition) is 3. The molecule has 0 radical (unpaired) electrons. The van der Waals surface area contributed by atoms with E-state index in [4.69, 9.17) is 21.7 Å². The first kappa shape index (κ1) is 21.7. The number of benzene rings is 2. The summed E-state index contributed by atoms with van der Waals surface area (Å²) in [7, 11) is 0. The Morgan fingerprint density at radius 2 is 1.83 bits per heavy atom. The quantitative estimate of drug-likeness (QED) is 0.589. The molecule has 3 N–H and O–H groups in total. The van der Waals surface area contributed by atoms with Crippen molar-refractivity contribution in [2.75, 3.05) is 25.1 Å². The molecular formula is C22H25N3O4S. The van der Waals surface area contributed by atoms with Gasteiger partial charge in [0.2, 0.25) is 0 Å². The molecule has 2 aromatic carbocycles. The Morgan fingerprint density at radius 3 is 2.57 bits per heavy atom. The summed E-state index contributed by atoms with van der Waals surface area (Å²) in [6.07, 6.45) is 2.01. The summed E-state index contributed by atoms with van der Waals surface area (Å²) < 4.78 is 11.0. The number of rotatable bonds is 7. The lowest BCUT2D eigenvalue weighted by molar-refractivity contribution is 0.0858. The number of carbonyl (C=O) groups excluding carboxylic acids is 2. The Bertz CT molecular complexity index is 913. The average Bonchev–Trinajstić information content (AvgIpc) is 3.26. The van der Waals surface area contributed by atoms with Gasteiger partial charge in [-0.2, -0.15) is 0 Å². The number of para-hydroxylation sites is 2. The normalized spacial score (nSPS) is 15.3. The van der Waals surface area contributed by atoms with E-state index in [1.165, 1.54) is 0 Å². The molecule has 0 aliphatic carbocycles. The Hall–Kier alpha value is -2.97. The van der Waals surface area contributed by atoms with E-state index in [9.17, 15) is 9.59 Å². The average molecular weight is 428 g/mol. The van der Waals surface area contributed by atoms with Crippen LogP contribution in [0.3, 0.4) is 0 Å². The van der Waals surface area contributed by atoms with Gasteiger partial charge < -0.3 is 20.1 Å². The SMILES string of the molecule is CCOc1ccccc1C(=O)NC(=S)Nc1ccccc1C(=O)NCC1CCCO1. The second-order valence-electron chi connectivity index (χ2n) is 6.73. The number of carbonyl (C=O) groups is 2. The zero-order valence-electron chi connectivity index (χ0n) is 16.8. The van der Waals surface area contributed by atoms with Crippen molar-refractivity contribution in [1.29, 1.82) is 0 Å². The van der Waals surface area contributed by atoms with Crippen LogP contribution >= 0.6 is 12.2 Å². The van der Waals surface area contributed by atoms with Gasteiger partial charge in [0.15, 0.2) is 5.11 Å². The van der Waals surface area contributed by atoms with Gasteiger partial charge in [-0.3, -0.25) is 14.9 Å². The lowest BCUT2D eigenvalue weighted by Gasteiger charge is -2.15. The molecule has 0 saturated carbocycles. The summed E-state index contributed by atoms with van der Waals surface area (Å²) in [4.78, 5) is 25.2. The lowest BCUT2D eigenvalue weighted by Crippen LogP contribution is -2.36. The van der Waals surface area contributed by atoms with E-state index in [-0.39, 0.29) is 17.1 Å². The van der Waals surface area contributed by atoms with Crippen molar-refractivity contribution in [2.45, 2.75) is 25.9 Å². The molecule has 1 heterocycles. The van der Waals surface area contributed by atoms with Crippen LogP contribution in [-0.4, -0.2) is 42.8 Å². The van der Waals surface area contributed by atoms with E-state index in [1.807, 2.05) is 6.92 Å². The third kappa shape index (κ3) is 5.77. The predicted octanol–water partition coefficient (Wildman–Crippen LogP) is 3.12. The monoisotopic (exact) mass is 427 g/mol. The van der Waals surface area contributed by atoms with Crippen LogP contribution in [0, 0.1) is 0 Å². The number of anilines is 1. The van der Waals surface area contributed by atoms with Crippen LogP contribution in [0.25, 0.3) is 0 Å². The van der Waals surface area contributed by atoms with Crippen LogP contribution in [-0.2, 0) is 4.74 Å². The Morgan fingerprint density at radius 1 is 1.10 bits per heavy atom. The van der Waals surface area contributed by atoms with Gasteiger partial charge in [0.25, 0.3) is 11.8 Å². The zero-order valence-corrected chi connectivity index (χ0v) is 17.6. The summed E-state index contributed by atoms with van der Waals surface area (Å²) >= 11 is 5.28. The highest BCUT2D eigenvalue weighted by molar-refractivity contribution is 7.80. The summed E-state index contributed by atoms with van der Waals surface area (Å²) in [5.41, 5.74) is 1.32. The molecular weight excluding hydrogens is 402 g/mol. The Balaban J connectivity index is 1.62. The van der Waals surface area contributed by atoms with Crippen LogP contribution in [0.15, 0.2) is 48.5 Å². The van der Waals surface area contributed by atoms with Gasteiger partial charge in [0.05, 0.1) is 29.5 Å². The maximum absolute atomic E-state index is 12.6. The van der Waals surface area contributed by atoms with Gasteiger partial charge in [-0.05, 0) is 56.2 Å². The van der Waals surface area contributed by atoms with Crippen molar-refractivity contribution < 1.29 is 19.1 Å². The first-order chi connectivity index (χ1) is 14.6. The molecule has 1 unspecified atom stereocenters. The Kier molecular flexibility index (Phi) is 7.75. The molecule has 0 bridgehead atoms. The van der Waals surface area contributed by atoms with Gasteiger partial charge in [-0.15, -0.1) is 0 Å². The molecule has 0 aromatic heterocycles. The fraction of sp³-hybridized carbons (Fsp3) is 0.318. The second kappa shape index (κ2) is 10.7. The maximum Gasteiger partial charge on any atom is 0.261 e. The maximum atomic E-state index is 12.6. The lowest BCUT2D eigenvalue weighted by atomic mass is 10.1. The molecule has 1 saturated heterocycles. The van der Waals surface area contributed by atoms with Crippen LogP contribution in [0.5, 0.6) is 5.75 Å². The minimum Gasteiger partial charge on any atom is -0.493 e. The van der Waals surface area contributed by atoms with Crippen molar-refractivity contribution >= 4 is 34.8 Å². The van der Waals surface area contributed by atoms with Gasteiger partial charge >= 0.3 is 0 Å². The molecule has 1 atom stereocenters. The fourth-order valence-corrected chi connectivity index (χ4v) is 3.36. The van der Waals surface area contributed by atoms with E-state index < -0.39 is 5.91 Å². The largest absolute Gasteiger partial charge is 0.493 e. The number of thiocarbonyl (C=S) groups is 1. The number of ether oxygens (including phenoxy) is 2. The molecule has 7 nitrogen and oxygen atoms in total. The molecule has 30 heavy (non-hydrogen) atoms. The Labute approximate surface area is 181 Å². The van der Waals surface area contributed by atoms with Crippen LogP contribution < -0.4 is 20.7 Å². The topological polar surface area (TPSA) is 88.7 Å². The summed E-state index contributed by atoms with van der Waals surface area (Å²) in [6.45, 7) is 3.49. The second-order valence-corrected chi connectivity index (χ2v) is 7.14. The van der Waals surface area contributed by atoms with Crippen molar-refractivity contribution in [2.24, 2.45) is 0 Å². The summed E-state index contributed by atoms with van der Waals surface area (Å²) in [5.74, 6) is -0.143. The van der Waals surface area contributed by atoms with Crippen LogP contribution in [0.1, 0.15) is 40.5 Å². The highest BCUT2D eigenvalue weighted by atomic mass is 32.1. The molecule has 2 amide bonds. The van der Waals surface area contributed by atoms with Crippen LogP contribution in [0.2, 0.25) is 0 Å². The van der Waals surface area contributed by atoms with E-state index in [0.717, 1.165) is 19.4 Å². The molecule has 2 aromatic rings. The highest BCUT2D eigenvalue weighted by Crippen LogP contribution is 2.19. The molecule has 1 aliphatic rings. The van der Waals surface area contributed by atoms with Crippen molar-refractivity contribution in [3.05, 3.63) is 59.7 Å². The highest BCUT2D eigenvalue weighted by Gasteiger charge is 2.19. The molecule has 1 fully saturated rings. The summed E-state index contributed by atoms with van der Waals surface area (Å²) in [6, 6.07) is 13.9. The standard InChI is InChI=1S/C22H25N3O4S/c1-2-28-19-12-6-4-10-17(19)21(27)25-22(30)24-18-11-5-3-9-16(18)20(26)23-14-15-8-7-13-29-15/h3-6,9-12,15H,2,7-8,13-14H2,1H3,(H,23,26)(H2,24,25,27,30). The van der Waals surface area contributed by atoms with Crippen molar-refractivity contribution in [1.82, 2.24) is 10.6 Å². The first-order valence-electron chi connectivity index (χ1n) is 9.91. The third-order valence-corrected chi connectivity index (χ3v) is 4.80. The van der Waals surface area contributed by atoms with E-state index in [0.29, 0.717) is 35.7 Å². The number of nitrogens with one attached hydrogen (secondary N) is 3. The third-order valence-electron chi connectivity index (χ3n) is 4.59. The smallest absolute Gasteiger partial charge is 0.261 e. The predicted molar refractivity (Wildman–Crippen MR) is 119 cm³/mol. The van der Waals surface area contributed by atoms with Crippen LogP contribution in [0.4, 0.5) is 5.69 Å². The number of amides is 2. The molecule has 0 spiro atoms. The first-order valence-corrected chi connectivity index (χ1v) is 10.3.